The standard InChI is InChI=1S/C19H31N3O3/c1-13-6-5-7-21(10-13)15(23)11-22-16(24)19(20-17(22)25)9-14(2)8-18(3,4)12-19/h13-14H,5-12H2,1-4H3,(H,20,25). The van der Waals surface area contributed by atoms with Crippen LogP contribution in [0.5, 0.6) is 0 Å². The number of nitrogens with one attached hydrogen (secondary N) is 1. The number of carbonyl (C=O) groups is 3. The smallest absolute Gasteiger partial charge is 0.325 e. The van der Waals surface area contributed by atoms with Gasteiger partial charge in [0.25, 0.3) is 5.91 Å². The first-order chi connectivity index (χ1) is 11.6. The van der Waals surface area contributed by atoms with E-state index < -0.39 is 11.6 Å². The second kappa shape index (κ2) is 6.29. The normalized spacial score (nSPS) is 35.2. The maximum absolute atomic E-state index is 13.1. The largest absolute Gasteiger partial charge is 0.341 e. The highest BCUT2D eigenvalue weighted by molar-refractivity contribution is 6.09. The summed E-state index contributed by atoms with van der Waals surface area (Å²) < 4.78 is 0. The highest BCUT2D eigenvalue weighted by atomic mass is 16.2. The van der Waals surface area contributed by atoms with Crippen LogP contribution in [0.2, 0.25) is 0 Å². The third-order valence-corrected chi connectivity index (χ3v) is 5.93. The van der Waals surface area contributed by atoms with Crippen molar-refractivity contribution in [1.82, 2.24) is 15.1 Å². The Labute approximate surface area is 150 Å². The van der Waals surface area contributed by atoms with Crippen molar-refractivity contribution in [2.45, 2.75) is 65.3 Å². The van der Waals surface area contributed by atoms with E-state index in [2.05, 4.69) is 33.0 Å². The number of likely N-dealkylation sites (tertiary alicyclic amines) is 1. The van der Waals surface area contributed by atoms with E-state index in [1.54, 1.807) is 4.90 Å². The Balaban J connectivity index is 1.72. The van der Waals surface area contributed by atoms with Gasteiger partial charge in [-0.1, -0.05) is 27.7 Å². The van der Waals surface area contributed by atoms with Crippen molar-refractivity contribution >= 4 is 17.8 Å². The molecule has 0 aromatic carbocycles. The molecule has 2 aliphatic heterocycles. The molecule has 2 heterocycles. The number of piperidine rings is 1. The van der Waals surface area contributed by atoms with Crippen LogP contribution in [0.4, 0.5) is 4.79 Å². The molecule has 25 heavy (non-hydrogen) atoms. The predicted molar refractivity (Wildman–Crippen MR) is 94.7 cm³/mol. The summed E-state index contributed by atoms with van der Waals surface area (Å²) in [6.45, 7) is 9.87. The van der Waals surface area contributed by atoms with Gasteiger partial charge < -0.3 is 10.2 Å². The van der Waals surface area contributed by atoms with E-state index in [1.807, 2.05) is 0 Å². The number of hydrogen-bond acceptors (Lipinski definition) is 3. The van der Waals surface area contributed by atoms with Crippen molar-refractivity contribution in [1.29, 1.82) is 0 Å². The van der Waals surface area contributed by atoms with Crippen LogP contribution in [-0.2, 0) is 9.59 Å². The van der Waals surface area contributed by atoms with E-state index in [9.17, 15) is 14.4 Å². The van der Waals surface area contributed by atoms with Gasteiger partial charge in [0, 0.05) is 13.1 Å². The van der Waals surface area contributed by atoms with Gasteiger partial charge in [0.05, 0.1) is 0 Å². The minimum Gasteiger partial charge on any atom is -0.341 e. The van der Waals surface area contributed by atoms with Gasteiger partial charge >= 0.3 is 6.03 Å². The first-order valence-electron chi connectivity index (χ1n) is 9.54. The summed E-state index contributed by atoms with van der Waals surface area (Å²) in [5.74, 6) is 0.518. The molecule has 3 atom stereocenters. The maximum Gasteiger partial charge on any atom is 0.325 e. The fraction of sp³-hybridized carbons (Fsp3) is 0.842. The second-order valence-corrected chi connectivity index (χ2v) is 9.35. The lowest BCUT2D eigenvalue weighted by Gasteiger charge is -2.43. The summed E-state index contributed by atoms with van der Waals surface area (Å²) >= 11 is 0. The van der Waals surface area contributed by atoms with Crippen LogP contribution >= 0.6 is 0 Å². The summed E-state index contributed by atoms with van der Waals surface area (Å²) in [6, 6.07) is -0.409. The number of rotatable bonds is 2. The number of imide groups is 1. The van der Waals surface area contributed by atoms with E-state index in [-0.39, 0.29) is 23.8 Å². The highest BCUT2D eigenvalue weighted by Gasteiger charge is 2.56. The molecule has 4 amide bonds. The van der Waals surface area contributed by atoms with E-state index in [0.29, 0.717) is 24.7 Å². The molecule has 0 bridgehead atoms. The number of urea groups is 1. The zero-order valence-corrected chi connectivity index (χ0v) is 15.9. The van der Waals surface area contributed by atoms with Crippen LogP contribution in [0.1, 0.15) is 59.8 Å². The van der Waals surface area contributed by atoms with Gasteiger partial charge in [-0.25, -0.2) is 4.79 Å². The third-order valence-electron chi connectivity index (χ3n) is 5.93. The molecule has 1 aliphatic carbocycles. The molecule has 1 saturated carbocycles. The number of hydrogen-bond donors (Lipinski definition) is 1. The lowest BCUT2D eigenvalue weighted by Crippen LogP contribution is -2.54. The molecule has 1 spiro atoms. The molecule has 2 saturated heterocycles. The molecule has 0 aromatic heterocycles. The van der Waals surface area contributed by atoms with Crippen LogP contribution < -0.4 is 5.32 Å². The van der Waals surface area contributed by atoms with Crippen molar-refractivity contribution < 1.29 is 14.4 Å². The van der Waals surface area contributed by atoms with Crippen LogP contribution in [-0.4, -0.2) is 52.8 Å². The number of nitrogens with zero attached hydrogens (tertiary/aromatic N) is 2. The Bertz CT molecular complexity index is 588. The van der Waals surface area contributed by atoms with Crippen LogP contribution in [0, 0.1) is 17.3 Å². The van der Waals surface area contributed by atoms with Crippen LogP contribution in [0.3, 0.4) is 0 Å². The van der Waals surface area contributed by atoms with Crippen molar-refractivity contribution in [2.75, 3.05) is 19.6 Å². The van der Waals surface area contributed by atoms with E-state index in [4.69, 9.17) is 0 Å². The van der Waals surface area contributed by atoms with Gasteiger partial charge in [0.15, 0.2) is 0 Å². The van der Waals surface area contributed by atoms with Crippen molar-refractivity contribution in [3.63, 3.8) is 0 Å². The molecule has 6 heteroatoms. The summed E-state index contributed by atoms with van der Waals surface area (Å²) in [6.07, 6.45) is 4.46. The van der Waals surface area contributed by atoms with Crippen LogP contribution in [0.25, 0.3) is 0 Å². The average molecular weight is 349 g/mol. The van der Waals surface area contributed by atoms with Gasteiger partial charge in [-0.15, -0.1) is 0 Å². The minimum atomic E-state index is -0.826. The quantitative estimate of drug-likeness (QED) is 0.778. The van der Waals surface area contributed by atoms with E-state index in [0.717, 1.165) is 37.3 Å². The van der Waals surface area contributed by atoms with Crippen molar-refractivity contribution in [3.05, 3.63) is 0 Å². The molecule has 0 radical (unpaired) electrons. The molecule has 3 rings (SSSR count). The van der Waals surface area contributed by atoms with Gasteiger partial charge in [-0.05, 0) is 49.4 Å². The molecular weight excluding hydrogens is 318 g/mol. The number of amides is 4. The SMILES string of the molecule is CC1CCCN(C(=O)CN2C(=O)NC3(CC(C)CC(C)(C)C3)C2=O)C1. The van der Waals surface area contributed by atoms with E-state index in [1.165, 1.54) is 0 Å². The van der Waals surface area contributed by atoms with Gasteiger partial charge in [0.1, 0.15) is 12.1 Å². The second-order valence-electron chi connectivity index (χ2n) is 9.35. The Morgan fingerprint density at radius 1 is 1.20 bits per heavy atom. The Kier molecular flexibility index (Phi) is 4.58. The Hall–Kier alpha value is -1.59. The van der Waals surface area contributed by atoms with E-state index >= 15 is 0 Å². The fourth-order valence-corrected chi connectivity index (χ4v) is 5.30. The molecule has 3 fully saturated rings. The lowest BCUT2D eigenvalue weighted by molar-refractivity contribution is -0.141. The van der Waals surface area contributed by atoms with Gasteiger partial charge in [0.2, 0.25) is 5.91 Å². The lowest BCUT2D eigenvalue weighted by atomic mass is 9.64. The summed E-state index contributed by atoms with van der Waals surface area (Å²) in [7, 11) is 0. The van der Waals surface area contributed by atoms with Gasteiger partial charge in [-0.2, -0.15) is 0 Å². The third kappa shape index (κ3) is 3.53. The average Bonchev–Trinajstić information content (AvgIpc) is 2.68. The summed E-state index contributed by atoms with van der Waals surface area (Å²) in [5.41, 5.74) is -0.823. The Morgan fingerprint density at radius 3 is 2.56 bits per heavy atom. The maximum atomic E-state index is 13.1. The molecule has 6 nitrogen and oxygen atoms in total. The molecule has 3 unspecified atom stereocenters. The minimum absolute atomic E-state index is 0.00290. The Morgan fingerprint density at radius 2 is 1.92 bits per heavy atom. The fourth-order valence-electron chi connectivity index (χ4n) is 5.30. The molecule has 3 aliphatic rings. The molecule has 0 aromatic rings. The van der Waals surface area contributed by atoms with Crippen molar-refractivity contribution in [2.24, 2.45) is 17.3 Å². The molecular formula is C19H31N3O3. The topological polar surface area (TPSA) is 69.7 Å². The summed E-state index contributed by atoms with van der Waals surface area (Å²) in [4.78, 5) is 41.1. The zero-order valence-electron chi connectivity index (χ0n) is 15.9. The predicted octanol–water partition coefficient (Wildman–Crippen LogP) is 2.38. The number of carbonyl (C=O) groups excluding carboxylic acids is 3. The zero-order chi connectivity index (χ0) is 18.4. The van der Waals surface area contributed by atoms with Crippen LogP contribution in [0.15, 0.2) is 0 Å². The molecule has 140 valence electrons. The highest BCUT2D eigenvalue weighted by Crippen LogP contribution is 2.46. The summed E-state index contributed by atoms with van der Waals surface area (Å²) in [5, 5.41) is 2.94. The monoisotopic (exact) mass is 349 g/mol. The first-order valence-corrected chi connectivity index (χ1v) is 9.54. The molecule has 1 N–H and O–H groups in total. The van der Waals surface area contributed by atoms with Crippen molar-refractivity contribution in [3.8, 4) is 0 Å². The first kappa shape index (κ1) is 18.2. The van der Waals surface area contributed by atoms with Gasteiger partial charge in [-0.3, -0.25) is 14.5 Å².